The molecule has 0 saturated heterocycles. The van der Waals surface area contributed by atoms with E-state index in [4.69, 9.17) is 4.74 Å². The molecule has 0 aliphatic rings. The van der Waals surface area contributed by atoms with Gasteiger partial charge in [0.1, 0.15) is 0 Å². The molecule has 0 amide bonds. The van der Waals surface area contributed by atoms with Crippen LogP contribution in [0.3, 0.4) is 0 Å². The number of hydrogen-bond acceptors (Lipinski definition) is 2. The summed E-state index contributed by atoms with van der Waals surface area (Å²) in [6, 6.07) is 5.55. The quantitative estimate of drug-likeness (QED) is 0.844. The number of alkyl halides is 3. The van der Waals surface area contributed by atoms with Gasteiger partial charge in [0.05, 0.1) is 6.61 Å². The van der Waals surface area contributed by atoms with Gasteiger partial charge in [-0.05, 0) is 30.7 Å². The van der Waals surface area contributed by atoms with E-state index in [9.17, 15) is 13.2 Å². The smallest absolute Gasteiger partial charge is 0.364 e. The summed E-state index contributed by atoms with van der Waals surface area (Å²) in [7, 11) is 0. The van der Waals surface area contributed by atoms with Crippen LogP contribution in [-0.4, -0.2) is 18.8 Å². The largest absolute Gasteiger partial charge is 0.414 e. The van der Waals surface area contributed by atoms with Crippen LogP contribution in [0.2, 0.25) is 0 Å². The van der Waals surface area contributed by atoms with Gasteiger partial charge in [-0.15, -0.1) is 0 Å². The van der Waals surface area contributed by atoms with Crippen molar-refractivity contribution < 1.29 is 17.9 Å². The normalized spacial score (nSPS) is 13.6. The second-order valence-corrected chi connectivity index (χ2v) is 5.06. The van der Waals surface area contributed by atoms with Gasteiger partial charge in [-0.25, -0.2) is 0 Å². The number of nitrogens with one attached hydrogen (secondary N) is 1. The lowest BCUT2D eigenvalue weighted by Crippen LogP contribution is -2.28. The maximum absolute atomic E-state index is 12.3. The predicted octanol–water partition coefficient (Wildman–Crippen LogP) is 4.03. The zero-order valence-electron chi connectivity index (χ0n) is 10.9. The summed E-state index contributed by atoms with van der Waals surface area (Å²) in [5, 5.41) is 3.18. The Kier molecular flexibility index (Phi) is 6.29. The van der Waals surface area contributed by atoms with E-state index >= 15 is 0 Å². The molecule has 0 fully saturated rings. The fourth-order valence-corrected chi connectivity index (χ4v) is 1.94. The molecule has 1 rings (SSSR count). The van der Waals surface area contributed by atoms with E-state index in [2.05, 4.69) is 21.2 Å². The van der Waals surface area contributed by atoms with Gasteiger partial charge < -0.3 is 10.1 Å². The van der Waals surface area contributed by atoms with Crippen LogP contribution in [0.25, 0.3) is 0 Å². The standard InChI is InChI=1S/C13H17BrF3NO/c1-3-18-7-10-4-5-11(12(14)6-10)8-19-9(2)13(15,16)17/h4-6,9,18H,3,7-8H2,1-2H3. The van der Waals surface area contributed by atoms with E-state index in [1.54, 1.807) is 6.07 Å². The second-order valence-electron chi connectivity index (χ2n) is 4.20. The van der Waals surface area contributed by atoms with Gasteiger partial charge in [-0.1, -0.05) is 35.0 Å². The van der Waals surface area contributed by atoms with Crippen LogP contribution in [0.4, 0.5) is 13.2 Å². The van der Waals surface area contributed by atoms with E-state index < -0.39 is 12.3 Å². The average Bonchev–Trinajstić information content (AvgIpc) is 2.33. The fourth-order valence-electron chi connectivity index (χ4n) is 1.40. The van der Waals surface area contributed by atoms with Crippen molar-refractivity contribution in [1.29, 1.82) is 0 Å². The summed E-state index contributed by atoms with van der Waals surface area (Å²) in [4.78, 5) is 0. The Morgan fingerprint density at radius 3 is 2.58 bits per heavy atom. The van der Waals surface area contributed by atoms with E-state index in [0.717, 1.165) is 30.0 Å². The number of halogens is 4. The molecule has 1 aromatic carbocycles. The Balaban J connectivity index is 2.60. The molecule has 108 valence electrons. The molecule has 0 aliphatic heterocycles. The minimum atomic E-state index is -4.32. The van der Waals surface area contributed by atoms with Crippen LogP contribution < -0.4 is 5.32 Å². The number of ether oxygens (including phenoxy) is 1. The third-order valence-electron chi connectivity index (χ3n) is 2.65. The summed E-state index contributed by atoms with van der Waals surface area (Å²) < 4.78 is 42.5. The summed E-state index contributed by atoms with van der Waals surface area (Å²) in [5.74, 6) is 0. The zero-order valence-corrected chi connectivity index (χ0v) is 12.4. The second kappa shape index (κ2) is 7.26. The Morgan fingerprint density at radius 2 is 2.05 bits per heavy atom. The molecule has 0 heterocycles. The third kappa shape index (κ3) is 5.50. The molecule has 0 bridgehead atoms. The molecule has 0 radical (unpaired) electrons. The van der Waals surface area contributed by atoms with Crippen molar-refractivity contribution in [1.82, 2.24) is 5.32 Å². The molecule has 6 heteroatoms. The topological polar surface area (TPSA) is 21.3 Å². The van der Waals surface area contributed by atoms with Gasteiger partial charge >= 0.3 is 6.18 Å². The van der Waals surface area contributed by atoms with Crippen molar-refractivity contribution in [2.75, 3.05) is 6.54 Å². The van der Waals surface area contributed by atoms with Gasteiger partial charge in [0.15, 0.2) is 6.10 Å². The first kappa shape index (κ1) is 16.5. The molecule has 0 aromatic heterocycles. The van der Waals surface area contributed by atoms with Gasteiger partial charge in [0.25, 0.3) is 0 Å². The highest BCUT2D eigenvalue weighted by Gasteiger charge is 2.36. The highest BCUT2D eigenvalue weighted by atomic mass is 79.9. The van der Waals surface area contributed by atoms with Crippen LogP contribution in [0.15, 0.2) is 22.7 Å². The van der Waals surface area contributed by atoms with Crippen LogP contribution in [-0.2, 0) is 17.9 Å². The molecule has 1 atom stereocenters. The van der Waals surface area contributed by atoms with E-state index in [1.165, 1.54) is 0 Å². The van der Waals surface area contributed by atoms with E-state index in [0.29, 0.717) is 5.56 Å². The lowest BCUT2D eigenvalue weighted by Gasteiger charge is -2.17. The summed E-state index contributed by atoms with van der Waals surface area (Å²) in [6.45, 7) is 4.55. The fraction of sp³-hybridized carbons (Fsp3) is 0.538. The molecule has 2 nitrogen and oxygen atoms in total. The molecule has 1 aromatic rings. The Hall–Kier alpha value is -0.590. The van der Waals surface area contributed by atoms with Crippen LogP contribution in [0, 0.1) is 0 Å². The summed E-state index contributed by atoms with van der Waals surface area (Å²) in [5.41, 5.74) is 1.78. The van der Waals surface area contributed by atoms with Crippen LogP contribution in [0.5, 0.6) is 0 Å². The number of benzene rings is 1. The van der Waals surface area contributed by atoms with E-state index in [1.807, 2.05) is 19.1 Å². The minimum absolute atomic E-state index is 0.0667. The molecule has 1 unspecified atom stereocenters. The molecular formula is C13H17BrF3NO. The molecule has 0 aliphatic carbocycles. The van der Waals surface area contributed by atoms with Crippen LogP contribution >= 0.6 is 15.9 Å². The molecule has 0 spiro atoms. The van der Waals surface area contributed by atoms with Gasteiger partial charge in [-0.3, -0.25) is 0 Å². The van der Waals surface area contributed by atoms with E-state index in [-0.39, 0.29) is 6.61 Å². The molecular weight excluding hydrogens is 323 g/mol. The zero-order chi connectivity index (χ0) is 14.5. The number of rotatable bonds is 6. The first-order valence-electron chi connectivity index (χ1n) is 6.01. The molecule has 0 saturated carbocycles. The minimum Gasteiger partial charge on any atom is -0.364 e. The molecule has 1 N–H and O–H groups in total. The average molecular weight is 340 g/mol. The Bertz CT molecular complexity index is 409. The predicted molar refractivity (Wildman–Crippen MR) is 71.8 cm³/mol. The third-order valence-corrected chi connectivity index (χ3v) is 3.38. The lowest BCUT2D eigenvalue weighted by atomic mass is 10.1. The van der Waals surface area contributed by atoms with Crippen molar-refractivity contribution in [2.24, 2.45) is 0 Å². The van der Waals surface area contributed by atoms with Crippen molar-refractivity contribution in [3.8, 4) is 0 Å². The van der Waals surface area contributed by atoms with Crippen LogP contribution in [0.1, 0.15) is 25.0 Å². The maximum atomic E-state index is 12.3. The Labute approximate surface area is 119 Å². The highest BCUT2D eigenvalue weighted by molar-refractivity contribution is 9.10. The van der Waals surface area contributed by atoms with Crippen molar-refractivity contribution >= 4 is 15.9 Å². The van der Waals surface area contributed by atoms with Gasteiger partial charge in [0.2, 0.25) is 0 Å². The number of hydrogen-bond donors (Lipinski definition) is 1. The monoisotopic (exact) mass is 339 g/mol. The maximum Gasteiger partial charge on any atom is 0.414 e. The lowest BCUT2D eigenvalue weighted by molar-refractivity contribution is -0.217. The highest BCUT2D eigenvalue weighted by Crippen LogP contribution is 2.25. The summed E-state index contributed by atoms with van der Waals surface area (Å²) in [6.07, 6.45) is -6.09. The SMILES string of the molecule is CCNCc1ccc(COC(C)C(F)(F)F)c(Br)c1. The van der Waals surface area contributed by atoms with Crippen molar-refractivity contribution in [2.45, 2.75) is 39.3 Å². The summed E-state index contributed by atoms with van der Waals surface area (Å²) >= 11 is 3.35. The van der Waals surface area contributed by atoms with Gasteiger partial charge in [-0.2, -0.15) is 13.2 Å². The van der Waals surface area contributed by atoms with Gasteiger partial charge in [0, 0.05) is 11.0 Å². The van der Waals surface area contributed by atoms with Crippen molar-refractivity contribution in [3.63, 3.8) is 0 Å². The molecule has 19 heavy (non-hydrogen) atoms. The Morgan fingerprint density at radius 1 is 1.37 bits per heavy atom. The first-order valence-corrected chi connectivity index (χ1v) is 6.80. The first-order chi connectivity index (χ1) is 8.84. The van der Waals surface area contributed by atoms with Crippen molar-refractivity contribution in [3.05, 3.63) is 33.8 Å².